The van der Waals surface area contributed by atoms with Crippen molar-refractivity contribution in [3.05, 3.63) is 50.3 Å². The van der Waals surface area contributed by atoms with Crippen molar-refractivity contribution in [3.8, 4) is 0 Å². The van der Waals surface area contributed by atoms with E-state index in [9.17, 15) is 9.59 Å². The average Bonchev–Trinajstić information content (AvgIpc) is 2.88. The van der Waals surface area contributed by atoms with E-state index in [1.165, 1.54) is 11.1 Å². The summed E-state index contributed by atoms with van der Waals surface area (Å²) in [6, 6.07) is 4.09. The van der Waals surface area contributed by atoms with Gasteiger partial charge in [-0.15, -0.1) is 11.3 Å². The number of nitrogens with zero attached hydrogens (tertiary/aromatic N) is 3. The Labute approximate surface area is 133 Å². The highest BCUT2D eigenvalue weighted by Crippen LogP contribution is 2.18. The molecule has 0 aliphatic rings. The lowest BCUT2D eigenvalue weighted by Gasteiger charge is -2.23. The monoisotopic (exact) mass is 320 g/mol. The fourth-order valence-corrected chi connectivity index (χ4v) is 2.86. The lowest BCUT2D eigenvalue weighted by Crippen LogP contribution is -2.36. The lowest BCUT2D eigenvalue weighted by atomic mass is 10.3. The van der Waals surface area contributed by atoms with Gasteiger partial charge in [0.2, 0.25) is 0 Å². The molecule has 2 aromatic heterocycles. The molecule has 0 unspecified atom stereocenters. The third kappa shape index (κ3) is 4.51. The van der Waals surface area contributed by atoms with Gasteiger partial charge in [0, 0.05) is 29.0 Å². The first-order chi connectivity index (χ1) is 10.5. The molecule has 0 atom stereocenters. The van der Waals surface area contributed by atoms with Crippen molar-refractivity contribution in [2.45, 2.75) is 13.5 Å². The molecule has 2 heterocycles. The molecule has 0 radical (unpaired) electrons. The van der Waals surface area contributed by atoms with Crippen LogP contribution in [0.4, 0.5) is 0 Å². The second kappa shape index (κ2) is 7.33. The van der Waals surface area contributed by atoms with Crippen LogP contribution in [0.5, 0.6) is 0 Å². The highest BCUT2D eigenvalue weighted by molar-refractivity contribution is 7.11. The minimum atomic E-state index is -0.315. The van der Waals surface area contributed by atoms with Crippen LogP contribution in [0.15, 0.2) is 29.3 Å². The molecule has 0 saturated carbocycles. The smallest absolute Gasteiger partial charge is 0.274 e. The normalized spacial score (nSPS) is 10.9. The maximum Gasteiger partial charge on any atom is 0.274 e. The average molecular weight is 320 g/mol. The van der Waals surface area contributed by atoms with Crippen molar-refractivity contribution in [1.29, 1.82) is 0 Å². The number of carbonyl (C=O) groups is 1. The number of hydrogen-bond donors (Lipinski definition) is 1. The Kier molecular flexibility index (Phi) is 5.46. The molecule has 22 heavy (non-hydrogen) atoms. The summed E-state index contributed by atoms with van der Waals surface area (Å²) >= 11 is 1.68. The zero-order valence-electron chi connectivity index (χ0n) is 13.0. The minimum Gasteiger partial charge on any atom is -0.331 e. The lowest BCUT2D eigenvalue weighted by molar-refractivity contribution is 0.0727. The predicted molar refractivity (Wildman–Crippen MR) is 87.2 cm³/mol. The molecule has 7 heteroatoms. The number of H-pyrrole nitrogens is 1. The molecule has 1 N–H and O–H groups in total. The van der Waals surface area contributed by atoms with E-state index >= 15 is 0 Å². The van der Waals surface area contributed by atoms with E-state index in [1.807, 2.05) is 38.1 Å². The SMILES string of the molecule is Cc1ccc(CN(CCN(C)C)C(=O)c2c[nH]c(=O)cn2)s1. The fourth-order valence-electron chi connectivity index (χ4n) is 1.95. The third-order valence-electron chi connectivity index (χ3n) is 3.14. The van der Waals surface area contributed by atoms with Crippen LogP contribution in [0, 0.1) is 6.92 Å². The van der Waals surface area contributed by atoms with Crippen LogP contribution in [0.25, 0.3) is 0 Å². The molecule has 0 aromatic carbocycles. The molecule has 0 aliphatic carbocycles. The number of aromatic nitrogens is 2. The van der Waals surface area contributed by atoms with E-state index in [0.717, 1.165) is 17.6 Å². The van der Waals surface area contributed by atoms with Crippen LogP contribution in [0.1, 0.15) is 20.2 Å². The van der Waals surface area contributed by atoms with E-state index in [1.54, 1.807) is 16.2 Å². The molecule has 0 aliphatic heterocycles. The van der Waals surface area contributed by atoms with Gasteiger partial charge in [0.1, 0.15) is 5.69 Å². The van der Waals surface area contributed by atoms with Crippen molar-refractivity contribution in [2.24, 2.45) is 0 Å². The van der Waals surface area contributed by atoms with Gasteiger partial charge in [0.15, 0.2) is 0 Å². The number of amides is 1. The minimum absolute atomic E-state index is 0.177. The quantitative estimate of drug-likeness (QED) is 0.872. The molecule has 0 spiro atoms. The topological polar surface area (TPSA) is 69.3 Å². The summed E-state index contributed by atoms with van der Waals surface area (Å²) < 4.78 is 0. The molecule has 6 nitrogen and oxygen atoms in total. The Morgan fingerprint density at radius 1 is 1.32 bits per heavy atom. The van der Waals surface area contributed by atoms with Crippen molar-refractivity contribution >= 4 is 17.2 Å². The number of hydrogen-bond acceptors (Lipinski definition) is 5. The van der Waals surface area contributed by atoms with Crippen LogP contribution in [0.2, 0.25) is 0 Å². The van der Waals surface area contributed by atoms with E-state index < -0.39 is 0 Å². The first kappa shape index (κ1) is 16.4. The van der Waals surface area contributed by atoms with Gasteiger partial charge < -0.3 is 14.8 Å². The number of carbonyl (C=O) groups excluding carboxylic acids is 1. The summed E-state index contributed by atoms with van der Waals surface area (Å²) in [4.78, 5) is 36.2. The van der Waals surface area contributed by atoms with E-state index in [-0.39, 0.29) is 17.2 Å². The van der Waals surface area contributed by atoms with Gasteiger partial charge in [0.25, 0.3) is 11.5 Å². The highest BCUT2D eigenvalue weighted by atomic mass is 32.1. The zero-order chi connectivity index (χ0) is 16.1. The molecule has 0 bridgehead atoms. The molecule has 2 aromatic rings. The first-order valence-corrected chi connectivity index (χ1v) is 7.81. The number of aromatic amines is 1. The Bertz CT molecular complexity index is 672. The summed E-state index contributed by atoms with van der Waals surface area (Å²) in [5, 5.41) is 0. The Balaban J connectivity index is 2.16. The van der Waals surface area contributed by atoms with Crippen LogP contribution in [-0.2, 0) is 6.54 Å². The number of likely N-dealkylation sites (N-methyl/N-ethyl adjacent to an activating group) is 1. The Morgan fingerprint density at radius 3 is 2.64 bits per heavy atom. The van der Waals surface area contributed by atoms with E-state index in [2.05, 4.69) is 9.97 Å². The van der Waals surface area contributed by atoms with Crippen LogP contribution in [0.3, 0.4) is 0 Å². The largest absolute Gasteiger partial charge is 0.331 e. The number of rotatable bonds is 6. The number of aryl methyl sites for hydroxylation is 1. The van der Waals surface area contributed by atoms with Gasteiger partial charge in [-0.2, -0.15) is 0 Å². The maximum atomic E-state index is 12.6. The van der Waals surface area contributed by atoms with Crippen LogP contribution < -0.4 is 5.56 Å². The fraction of sp³-hybridized carbons (Fsp3) is 0.400. The summed E-state index contributed by atoms with van der Waals surface area (Å²) in [5.41, 5.74) is -0.0584. The predicted octanol–water partition coefficient (Wildman–Crippen LogP) is 1.34. The second-order valence-electron chi connectivity index (χ2n) is 5.34. The molecule has 118 valence electrons. The summed E-state index contributed by atoms with van der Waals surface area (Å²) in [6.45, 7) is 3.96. The maximum absolute atomic E-state index is 12.6. The highest BCUT2D eigenvalue weighted by Gasteiger charge is 2.18. The molecular formula is C15H20N4O2S. The van der Waals surface area contributed by atoms with Crippen molar-refractivity contribution in [2.75, 3.05) is 27.2 Å². The van der Waals surface area contributed by atoms with Gasteiger partial charge in [0.05, 0.1) is 12.7 Å². The number of thiophene rings is 1. The van der Waals surface area contributed by atoms with Gasteiger partial charge in [-0.1, -0.05) is 0 Å². The summed E-state index contributed by atoms with van der Waals surface area (Å²) in [7, 11) is 3.94. The van der Waals surface area contributed by atoms with Gasteiger partial charge in [-0.25, -0.2) is 4.98 Å². The Hall–Kier alpha value is -1.99. The van der Waals surface area contributed by atoms with Gasteiger partial charge in [-0.05, 0) is 33.2 Å². The van der Waals surface area contributed by atoms with Crippen molar-refractivity contribution in [3.63, 3.8) is 0 Å². The van der Waals surface area contributed by atoms with Gasteiger partial charge in [-0.3, -0.25) is 9.59 Å². The van der Waals surface area contributed by atoms with Crippen LogP contribution in [-0.4, -0.2) is 52.9 Å². The van der Waals surface area contributed by atoms with Gasteiger partial charge >= 0.3 is 0 Å². The summed E-state index contributed by atoms with van der Waals surface area (Å²) in [5.74, 6) is -0.177. The first-order valence-electron chi connectivity index (χ1n) is 7.00. The molecular weight excluding hydrogens is 300 g/mol. The summed E-state index contributed by atoms with van der Waals surface area (Å²) in [6.07, 6.45) is 2.50. The molecule has 1 amide bonds. The number of nitrogens with one attached hydrogen (secondary N) is 1. The molecule has 0 fully saturated rings. The van der Waals surface area contributed by atoms with Crippen LogP contribution >= 0.6 is 11.3 Å². The zero-order valence-corrected chi connectivity index (χ0v) is 13.8. The van der Waals surface area contributed by atoms with Crippen molar-refractivity contribution < 1.29 is 4.79 Å². The molecule has 2 rings (SSSR count). The third-order valence-corrected chi connectivity index (χ3v) is 4.12. The molecule has 0 saturated heterocycles. The van der Waals surface area contributed by atoms with Crippen molar-refractivity contribution in [1.82, 2.24) is 19.8 Å². The van der Waals surface area contributed by atoms with E-state index in [4.69, 9.17) is 0 Å². The standard InChI is InChI=1S/C15H20N4O2S/c1-11-4-5-12(22-11)10-19(7-6-18(2)3)15(21)13-8-17-14(20)9-16-13/h4-5,8-9H,6-7,10H2,1-3H3,(H,17,20). The second-order valence-corrected chi connectivity index (χ2v) is 6.71. The Morgan fingerprint density at radius 2 is 2.09 bits per heavy atom. The van der Waals surface area contributed by atoms with E-state index in [0.29, 0.717) is 13.1 Å².